The fourth-order valence-corrected chi connectivity index (χ4v) is 3.93. The number of amides is 1. The number of piperidine rings is 1. The number of aromatic nitrogens is 1. The minimum Gasteiger partial charge on any atom is -0.358 e. The molecule has 4 rings (SSSR count). The zero-order valence-corrected chi connectivity index (χ0v) is 14.1. The third-order valence-electron chi connectivity index (χ3n) is 5.20. The second kappa shape index (κ2) is 6.57. The largest absolute Gasteiger partial charge is 0.358 e. The Morgan fingerprint density at radius 1 is 1.29 bits per heavy atom. The zero-order valence-electron chi connectivity index (χ0n) is 14.1. The Labute approximate surface area is 141 Å². The van der Waals surface area contributed by atoms with Crippen molar-refractivity contribution in [3.05, 3.63) is 35.5 Å². The van der Waals surface area contributed by atoms with Gasteiger partial charge in [0, 0.05) is 35.6 Å². The summed E-state index contributed by atoms with van der Waals surface area (Å²) in [5.41, 5.74) is 3.30. The minimum absolute atomic E-state index is 0.129. The summed E-state index contributed by atoms with van der Waals surface area (Å²) in [7, 11) is 0. The molecule has 1 amide bonds. The van der Waals surface area contributed by atoms with E-state index < -0.39 is 0 Å². The first-order valence-electron chi connectivity index (χ1n) is 8.79. The van der Waals surface area contributed by atoms with Crippen LogP contribution < -0.4 is 0 Å². The smallest absolute Gasteiger partial charge is 0.227 e. The molecule has 0 saturated carbocycles. The molecule has 0 bridgehead atoms. The number of aryl methyl sites for hydroxylation is 1. The first-order valence-corrected chi connectivity index (χ1v) is 8.79. The van der Waals surface area contributed by atoms with Gasteiger partial charge in [-0.3, -0.25) is 4.79 Å². The molecule has 2 aliphatic rings. The summed E-state index contributed by atoms with van der Waals surface area (Å²) in [5, 5.41) is 1.15. The number of nitrogens with zero attached hydrogens (tertiary/aromatic N) is 1. The second-order valence-corrected chi connectivity index (χ2v) is 6.80. The normalized spacial score (nSPS) is 22.4. The summed E-state index contributed by atoms with van der Waals surface area (Å²) in [4.78, 5) is 18.2. The third-order valence-corrected chi connectivity index (χ3v) is 5.20. The van der Waals surface area contributed by atoms with Gasteiger partial charge < -0.3 is 19.4 Å². The van der Waals surface area contributed by atoms with Crippen molar-refractivity contribution in [2.45, 2.75) is 32.5 Å². The van der Waals surface area contributed by atoms with E-state index in [9.17, 15) is 4.79 Å². The van der Waals surface area contributed by atoms with Crippen molar-refractivity contribution in [1.82, 2.24) is 9.88 Å². The molecule has 1 aromatic carbocycles. The quantitative estimate of drug-likeness (QED) is 0.942. The van der Waals surface area contributed by atoms with E-state index in [0.29, 0.717) is 25.6 Å². The lowest BCUT2D eigenvalue weighted by atomic mass is 9.96. The van der Waals surface area contributed by atoms with E-state index in [1.165, 1.54) is 0 Å². The number of benzene rings is 1. The Morgan fingerprint density at radius 3 is 2.92 bits per heavy atom. The van der Waals surface area contributed by atoms with Crippen molar-refractivity contribution >= 4 is 16.8 Å². The molecule has 3 heterocycles. The number of rotatable bonds is 3. The van der Waals surface area contributed by atoms with Crippen molar-refractivity contribution in [2.24, 2.45) is 5.92 Å². The number of fused-ring (bicyclic) bond motifs is 1. The highest BCUT2D eigenvalue weighted by Gasteiger charge is 2.32. The fourth-order valence-electron chi connectivity index (χ4n) is 3.93. The molecule has 2 aromatic rings. The van der Waals surface area contributed by atoms with Gasteiger partial charge in [0.15, 0.2) is 6.29 Å². The van der Waals surface area contributed by atoms with E-state index in [2.05, 4.69) is 17.1 Å². The topological polar surface area (TPSA) is 54.6 Å². The SMILES string of the molecule is Cc1[nH]c2ccccc2c1CC(=O)N1CCCC(C2OCCO2)C1. The lowest BCUT2D eigenvalue weighted by Gasteiger charge is -2.34. The number of likely N-dealkylation sites (tertiary alicyclic amines) is 1. The van der Waals surface area contributed by atoms with Gasteiger partial charge in [0.2, 0.25) is 5.91 Å². The molecule has 2 aliphatic heterocycles. The van der Waals surface area contributed by atoms with Crippen molar-refractivity contribution in [2.75, 3.05) is 26.3 Å². The molecule has 24 heavy (non-hydrogen) atoms. The second-order valence-electron chi connectivity index (χ2n) is 6.80. The maximum Gasteiger partial charge on any atom is 0.227 e. The molecule has 5 nitrogen and oxygen atoms in total. The van der Waals surface area contributed by atoms with Gasteiger partial charge >= 0.3 is 0 Å². The molecule has 2 saturated heterocycles. The predicted molar refractivity (Wildman–Crippen MR) is 91.7 cm³/mol. The van der Waals surface area contributed by atoms with E-state index in [4.69, 9.17) is 9.47 Å². The van der Waals surface area contributed by atoms with Gasteiger partial charge in [-0.25, -0.2) is 0 Å². The van der Waals surface area contributed by atoms with Crippen LogP contribution in [0.3, 0.4) is 0 Å². The zero-order chi connectivity index (χ0) is 16.5. The molecular formula is C19H24N2O3. The molecule has 2 fully saturated rings. The lowest BCUT2D eigenvalue weighted by molar-refractivity contribution is -0.138. The maximum atomic E-state index is 12.9. The van der Waals surface area contributed by atoms with Crippen LogP contribution in [0.5, 0.6) is 0 Å². The van der Waals surface area contributed by atoms with Gasteiger partial charge in [0.05, 0.1) is 19.6 Å². The van der Waals surface area contributed by atoms with Crippen molar-refractivity contribution in [1.29, 1.82) is 0 Å². The number of carbonyl (C=O) groups is 1. The molecule has 0 spiro atoms. The third kappa shape index (κ3) is 2.94. The van der Waals surface area contributed by atoms with Crippen LogP contribution in [-0.2, 0) is 20.7 Å². The molecule has 1 atom stereocenters. The number of hydrogen-bond acceptors (Lipinski definition) is 3. The highest BCUT2D eigenvalue weighted by molar-refractivity contribution is 5.90. The fraction of sp³-hybridized carbons (Fsp3) is 0.526. The van der Waals surface area contributed by atoms with E-state index >= 15 is 0 Å². The minimum atomic E-state index is -0.129. The molecule has 128 valence electrons. The van der Waals surface area contributed by atoms with Crippen molar-refractivity contribution < 1.29 is 14.3 Å². The Morgan fingerprint density at radius 2 is 2.08 bits per heavy atom. The Bertz CT molecular complexity index is 733. The van der Waals surface area contributed by atoms with Crippen LogP contribution in [0.2, 0.25) is 0 Å². The van der Waals surface area contributed by atoms with Gasteiger partial charge in [-0.2, -0.15) is 0 Å². The summed E-state index contributed by atoms with van der Waals surface area (Å²) in [6.45, 7) is 4.96. The Kier molecular flexibility index (Phi) is 4.29. The number of para-hydroxylation sites is 1. The number of ether oxygens (including phenoxy) is 2. The molecular weight excluding hydrogens is 304 g/mol. The summed E-state index contributed by atoms with van der Waals surface area (Å²) in [6, 6.07) is 8.18. The van der Waals surface area contributed by atoms with E-state index in [1.54, 1.807) is 0 Å². The standard InChI is InChI=1S/C19H24N2O3/c1-13-16(15-6-2-3-7-17(15)20-13)11-18(22)21-8-4-5-14(12-21)19-23-9-10-24-19/h2-3,6-7,14,19-20H,4-5,8-12H2,1H3. The number of nitrogens with one attached hydrogen (secondary N) is 1. The van der Waals surface area contributed by atoms with Crippen LogP contribution in [0.15, 0.2) is 24.3 Å². The average molecular weight is 328 g/mol. The van der Waals surface area contributed by atoms with Crippen LogP contribution >= 0.6 is 0 Å². The molecule has 1 aromatic heterocycles. The van der Waals surface area contributed by atoms with Gasteiger partial charge in [-0.05, 0) is 31.4 Å². The van der Waals surface area contributed by atoms with Gasteiger partial charge in [-0.15, -0.1) is 0 Å². The number of aromatic amines is 1. The van der Waals surface area contributed by atoms with E-state index in [1.807, 2.05) is 24.0 Å². The van der Waals surface area contributed by atoms with E-state index in [-0.39, 0.29) is 12.2 Å². The average Bonchev–Trinajstić information content (AvgIpc) is 3.24. The summed E-state index contributed by atoms with van der Waals surface area (Å²) in [5.74, 6) is 0.500. The van der Waals surface area contributed by atoms with Crippen molar-refractivity contribution in [3.63, 3.8) is 0 Å². The van der Waals surface area contributed by atoms with Gasteiger partial charge in [-0.1, -0.05) is 18.2 Å². The highest BCUT2D eigenvalue weighted by Crippen LogP contribution is 2.27. The van der Waals surface area contributed by atoms with Crippen LogP contribution in [0.1, 0.15) is 24.1 Å². The Hall–Kier alpha value is -1.85. The molecule has 0 radical (unpaired) electrons. The maximum absolute atomic E-state index is 12.9. The number of hydrogen-bond donors (Lipinski definition) is 1. The highest BCUT2D eigenvalue weighted by atomic mass is 16.7. The van der Waals surface area contributed by atoms with Crippen LogP contribution in [-0.4, -0.2) is 48.4 Å². The van der Waals surface area contributed by atoms with Crippen LogP contribution in [0, 0.1) is 12.8 Å². The number of carbonyl (C=O) groups excluding carboxylic acids is 1. The first-order chi connectivity index (χ1) is 11.7. The molecule has 1 N–H and O–H groups in total. The van der Waals surface area contributed by atoms with E-state index in [0.717, 1.165) is 48.1 Å². The van der Waals surface area contributed by atoms with Gasteiger partial charge in [0.25, 0.3) is 0 Å². The molecule has 0 aliphatic carbocycles. The van der Waals surface area contributed by atoms with Crippen molar-refractivity contribution in [3.8, 4) is 0 Å². The number of H-pyrrole nitrogens is 1. The van der Waals surface area contributed by atoms with Crippen LogP contribution in [0.25, 0.3) is 10.9 Å². The van der Waals surface area contributed by atoms with Crippen LogP contribution in [0.4, 0.5) is 0 Å². The summed E-state index contributed by atoms with van der Waals surface area (Å²) >= 11 is 0. The first kappa shape index (κ1) is 15.7. The summed E-state index contributed by atoms with van der Waals surface area (Å²) in [6.07, 6.45) is 2.41. The molecule has 5 heteroatoms. The monoisotopic (exact) mass is 328 g/mol. The lowest BCUT2D eigenvalue weighted by Crippen LogP contribution is -2.44. The molecule has 1 unspecified atom stereocenters. The predicted octanol–water partition coefficient (Wildman–Crippen LogP) is 2.63. The van der Waals surface area contributed by atoms with Gasteiger partial charge in [0.1, 0.15) is 0 Å². The summed E-state index contributed by atoms with van der Waals surface area (Å²) < 4.78 is 11.3. The Balaban J connectivity index is 1.48.